The summed E-state index contributed by atoms with van der Waals surface area (Å²) in [4.78, 5) is 15.0. The van der Waals surface area contributed by atoms with Gasteiger partial charge < -0.3 is 25.2 Å². The first-order valence-electron chi connectivity index (χ1n) is 9.79. The Kier molecular flexibility index (Phi) is 5.59. The number of anilines is 2. The fraction of sp³-hybridized carbons (Fsp3) is 0.208. The molecule has 0 saturated carbocycles. The Morgan fingerprint density at radius 3 is 2.57 bits per heavy atom. The molecule has 3 N–H and O–H groups in total. The van der Waals surface area contributed by atoms with Crippen LogP contribution in [-0.4, -0.2) is 30.8 Å². The molecular weight excluding hydrogens is 380 g/mol. The number of hydrogen-bond acceptors (Lipinski definition) is 5. The molecule has 3 aromatic carbocycles. The molecule has 30 heavy (non-hydrogen) atoms. The van der Waals surface area contributed by atoms with Crippen LogP contribution >= 0.6 is 0 Å². The number of nitrogens with zero attached hydrogens (tertiary/aromatic N) is 1. The summed E-state index contributed by atoms with van der Waals surface area (Å²) in [7, 11) is 1.52. The van der Waals surface area contributed by atoms with Crippen molar-refractivity contribution in [3.63, 3.8) is 0 Å². The Morgan fingerprint density at radius 2 is 1.83 bits per heavy atom. The summed E-state index contributed by atoms with van der Waals surface area (Å²) < 4.78 is 11.3. The van der Waals surface area contributed by atoms with E-state index < -0.39 is 0 Å². The number of aliphatic hydroxyl groups excluding tert-OH is 1. The summed E-state index contributed by atoms with van der Waals surface area (Å²) in [5.74, 6) is 0.622. The third-order valence-corrected chi connectivity index (χ3v) is 5.30. The van der Waals surface area contributed by atoms with E-state index in [-0.39, 0.29) is 18.6 Å². The van der Waals surface area contributed by atoms with Gasteiger partial charge in [0.1, 0.15) is 6.61 Å². The van der Waals surface area contributed by atoms with Crippen molar-refractivity contribution < 1.29 is 19.4 Å². The molecule has 1 heterocycles. The second-order valence-electron chi connectivity index (χ2n) is 7.21. The Hall–Kier alpha value is -3.51. The molecular formula is C24H24N2O4. The van der Waals surface area contributed by atoms with E-state index in [1.807, 2.05) is 54.6 Å². The lowest BCUT2D eigenvalue weighted by atomic mass is 10.1. The number of nitrogens with two attached hydrogens (primary N) is 1. The van der Waals surface area contributed by atoms with E-state index in [0.717, 1.165) is 16.8 Å². The number of benzene rings is 3. The molecule has 0 radical (unpaired) electrons. The van der Waals surface area contributed by atoms with E-state index in [1.54, 1.807) is 17.0 Å². The maximum atomic E-state index is 13.4. The highest BCUT2D eigenvalue weighted by molar-refractivity contribution is 6.11. The number of ether oxygens (including phenoxy) is 2. The van der Waals surface area contributed by atoms with Gasteiger partial charge >= 0.3 is 0 Å². The third-order valence-electron chi connectivity index (χ3n) is 5.30. The maximum Gasteiger partial charge on any atom is 0.260 e. The predicted octanol–water partition coefficient (Wildman–Crippen LogP) is 3.42. The van der Waals surface area contributed by atoms with Gasteiger partial charge in [-0.05, 0) is 29.7 Å². The number of para-hydroxylation sites is 1. The highest BCUT2D eigenvalue weighted by Crippen LogP contribution is 2.37. The molecule has 0 spiro atoms. The smallest absolute Gasteiger partial charge is 0.260 e. The quantitative estimate of drug-likeness (QED) is 0.615. The Labute approximate surface area is 175 Å². The maximum absolute atomic E-state index is 13.4. The zero-order chi connectivity index (χ0) is 21.1. The van der Waals surface area contributed by atoms with Crippen LogP contribution in [0, 0.1) is 0 Å². The molecule has 1 atom stereocenters. The van der Waals surface area contributed by atoms with E-state index >= 15 is 0 Å². The van der Waals surface area contributed by atoms with Gasteiger partial charge in [0, 0.05) is 17.4 Å². The van der Waals surface area contributed by atoms with Crippen molar-refractivity contribution in [1.29, 1.82) is 0 Å². The van der Waals surface area contributed by atoms with Gasteiger partial charge in [-0.2, -0.15) is 0 Å². The van der Waals surface area contributed by atoms with E-state index in [0.29, 0.717) is 35.8 Å². The van der Waals surface area contributed by atoms with Crippen LogP contribution in [0.1, 0.15) is 21.5 Å². The molecule has 6 nitrogen and oxygen atoms in total. The summed E-state index contributed by atoms with van der Waals surface area (Å²) >= 11 is 0. The molecule has 0 fully saturated rings. The van der Waals surface area contributed by atoms with Crippen molar-refractivity contribution in [2.24, 2.45) is 0 Å². The van der Waals surface area contributed by atoms with Crippen LogP contribution < -0.4 is 20.1 Å². The van der Waals surface area contributed by atoms with E-state index in [1.165, 1.54) is 7.11 Å². The lowest BCUT2D eigenvalue weighted by molar-refractivity contribution is 0.0968. The molecule has 3 aromatic rings. The van der Waals surface area contributed by atoms with Crippen LogP contribution in [0.5, 0.6) is 11.5 Å². The van der Waals surface area contributed by atoms with Gasteiger partial charge in [0.2, 0.25) is 0 Å². The van der Waals surface area contributed by atoms with Crippen LogP contribution in [0.2, 0.25) is 0 Å². The van der Waals surface area contributed by atoms with Gasteiger partial charge in [-0.1, -0.05) is 48.5 Å². The largest absolute Gasteiger partial charge is 0.493 e. The Morgan fingerprint density at radius 1 is 1.10 bits per heavy atom. The van der Waals surface area contributed by atoms with Crippen LogP contribution in [-0.2, 0) is 13.0 Å². The first kappa shape index (κ1) is 19.8. The Balaban J connectivity index is 1.63. The topological polar surface area (TPSA) is 85.0 Å². The summed E-state index contributed by atoms with van der Waals surface area (Å²) in [6, 6.07) is 20.3. The van der Waals surface area contributed by atoms with Crippen molar-refractivity contribution in [1.82, 2.24) is 0 Å². The number of rotatable bonds is 6. The lowest BCUT2D eigenvalue weighted by Crippen LogP contribution is -2.40. The van der Waals surface area contributed by atoms with Crippen molar-refractivity contribution in [2.75, 3.05) is 24.4 Å². The molecule has 0 saturated heterocycles. The van der Waals surface area contributed by atoms with Gasteiger partial charge in [-0.15, -0.1) is 0 Å². The molecule has 0 aliphatic carbocycles. The SMILES string of the molecule is COc1cc(C(=O)N2c3ccccc3C[C@@H]2CO)c(N)cc1OCc1ccccc1. The second-order valence-corrected chi connectivity index (χ2v) is 7.21. The van der Waals surface area contributed by atoms with Crippen molar-refractivity contribution in [2.45, 2.75) is 19.1 Å². The minimum Gasteiger partial charge on any atom is -0.493 e. The molecule has 0 aromatic heterocycles. The number of hydrogen-bond donors (Lipinski definition) is 2. The number of methoxy groups -OCH3 is 1. The molecule has 1 aliphatic rings. The van der Waals surface area contributed by atoms with Crippen LogP contribution in [0.25, 0.3) is 0 Å². The standard InChI is InChI=1S/C24H24N2O4/c1-29-22-12-19(20(25)13-23(22)30-15-16-7-3-2-4-8-16)24(28)26-18(14-27)11-17-9-5-6-10-21(17)26/h2-10,12-13,18,27H,11,14-15,25H2,1H3/t18-/m1/s1. The summed E-state index contributed by atoms with van der Waals surface area (Å²) in [5, 5.41) is 9.83. The summed E-state index contributed by atoms with van der Waals surface area (Å²) in [6.07, 6.45) is 0.605. The number of aliphatic hydroxyl groups is 1. The average molecular weight is 404 g/mol. The van der Waals surface area contributed by atoms with E-state index in [9.17, 15) is 9.90 Å². The van der Waals surface area contributed by atoms with Gasteiger partial charge in [-0.25, -0.2) is 0 Å². The Bertz CT molecular complexity index is 1050. The van der Waals surface area contributed by atoms with Crippen LogP contribution in [0.15, 0.2) is 66.7 Å². The number of nitrogen functional groups attached to an aromatic ring is 1. The molecule has 0 bridgehead atoms. The predicted molar refractivity (Wildman–Crippen MR) is 116 cm³/mol. The van der Waals surface area contributed by atoms with Crippen molar-refractivity contribution in [3.8, 4) is 11.5 Å². The van der Waals surface area contributed by atoms with Crippen LogP contribution in [0.4, 0.5) is 11.4 Å². The first-order chi connectivity index (χ1) is 14.6. The molecule has 154 valence electrons. The monoisotopic (exact) mass is 404 g/mol. The average Bonchev–Trinajstić information content (AvgIpc) is 3.16. The third kappa shape index (κ3) is 3.69. The molecule has 1 aliphatic heterocycles. The fourth-order valence-electron chi connectivity index (χ4n) is 3.78. The minimum atomic E-state index is -0.325. The normalized spacial score (nSPS) is 15.0. The minimum absolute atomic E-state index is 0.129. The van der Waals surface area contributed by atoms with Gasteiger partial charge in [0.15, 0.2) is 11.5 Å². The molecule has 1 amide bonds. The molecule has 6 heteroatoms. The van der Waals surface area contributed by atoms with Gasteiger partial charge in [0.05, 0.1) is 25.3 Å². The van der Waals surface area contributed by atoms with Gasteiger partial charge in [0.25, 0.3) is 5.91 Å². The molecule has 4 rings (SSSR count). The highest BCUT2D eigenvalue weighted by Gasteiger charge is 2.34. The first-order valence-corrected chi connectivity index (χ1v) is 9.79. The number of carbonyl (C=O) groups excluding carboxylic acids is 1. The number of amides is 1. The fourth-order valence-corrected chi connectivity index (χ4v) is 3.78. The van der Waals surface area contributed by atoms with Gasteiger partial charge in [-0.3, -0.25) is 4.79 Å². The summed E-state index contributed by atoms with van der Waals surface area (Å²) in [6.45, 7) is 0.228. The highest BCUT2D eigenvalue weighted by atomic mass is 16.5. The number of fused-ring (bicyclic) bond motifs is 1. The van der Waals surface area contributed by atoms with E-state index in [2.05, 4.69) is 0 Å². The molecule has 0 unspecified atom stereocenters. The van der Waals surface area contributed by atoms with Crippen molar-refractivity contribution in [3.05, 3.63) is 83.4 Å². The van der Waals surface area contributed by atoms with Crippen molar-refractivity contribution >= 4 is 17.3 Å². The second kappa shape index (κ2) is 8.47. The van der Waals surface area contributed by atoms with E-state index in [4.69, 9.17) is 15.2 Å². The zero-order valence-electron chi connectivity index (χ0n) is 16.7. The van der Waals surface area contributed by atoms with Crippen LogP contribution in [0.3, 0.4) is 0 Å². The summed E-state index contributed by atoms with van der Waals surface area (Å²) in [5.41, 5.74) is 9.69. The zero-order valence-corrected chi connectivity index (χ0v) is 16.7. The number of carbonyl (C=O) groups is 1. The lowest BCUT2D eigenvalue weighted by Gasteiger charge is -2.25.